The quantitative estimate of drug-likeness (QED) is 0.796. The first-order chi connectivity index (χ1) is 10.1. The standard InChI is InChI=1S/C16H17BrFNO2/c1-11(19)15-6-5-13(18)10-16(15)21-8-7-20-14-4-2-3-12(17)9-14/h2-6,9-11H,7-8,19H2,1H3/t11-/m0/s1. The van der Waals surface area contributed by atoms with Crippen molar-refractivity contribution in [3.05, 3.63) is 58.3 Å². The van der Waals surface area contributed by atoms with Gasteiger partial charge in [0.2, 0.25) is 0 Å². The second-order valence-corrected chi connectivity index (χ2v) is 5.54. The summed E-state index contributed by atoms with van der Waals surface area (Å²) >= 11 is 3.37. The Bertz CT molecular complexity index is 605. The Labute approximate surface area is 132 Å². The van der Waals surface area contributed by atoms with Gasteiger partial charge in [0.1, 0.15) is 30.5 Å². The van der Waals surface area contributed by atoms with Crippen LogP contribution in [0.15, 0.2) is 46.9 Å². The van der Waals surface area contributed by atoms with Gasteiger partial charge in [-0.25, -0.2) is 4.39 Å². The normalized spacial score (nSPS) is 12.0. The third kappa shape index (κ3) is 4.72. The molecule has 0 aliphatic carbocycles. The predicted molar refractivity (Wildman–Crippen MR) is 84.1 cm³/mol. The summed E-state index contributed by atoms with van der Waals surface area (Å²) < 4.78 is 25.4. The van der Waals surface area contributed by atoms with Crippen LogP contribution in [0.5, 0.6) is 11.5 Å². The number of hydrogen-bond donors (Lipinski definition) is 1. The highest BCUT2D eigenvalue weighted by atomic mass is 79.9. The second kappa shape index (κ2) is 7.43. The third-order valence-corrected chi connectivity index (χ3v) is 3.37. The van der Waals surface area contributed by atoms with Crippen molar-refractivity contribution in [1.29, 1.82) is 0 Å². The van der Waals surface area contributed by atoms with Crippen LogP contribution in [0, 0.1) is 5.82 Å². The maximum atomic E-state index is 13.3. The molecule has 0 aromatic heterocycles. The number of rotatable bonds is 6. The van der Waals surface area contributed by atoms with Crippen molar-refractivity contribution in [2.75, 3.05) is 13.2 Å². The Balaban J connectivity index is 1.90. The van der Waals surface area contributed by atoms with Crippen molar-refractivity contribution in [2.45, 2.75) is 13.0 Å². The summed E-state index contributed by atoms with van der Waals surface area (Å²) in [6.07, 6.45) is 0. The van der Waals surface area contributed by atoms with E-state index in [9.17, 15) is 4.39 Å². The van der Waals surface area contributed by atoms with Gasteiger partial charge in [-0.2, -0.15) is 0 Å². The Morgan fingerprint density at radius 1 is 1.14 bits per heavy atom. The van der Waals surface area contributed by atoms with Gasteiger partial charge in [-0.05, 0) is 31.2 Å². The van der Waals surface area contributed by atoms with Gasteiger partial charge in [0.25, 0.3) is 0 Å². The molecule has 0 saturated heterocycles. The van der Waals surface area contributed by atoms with E-state index in [1.807, 2.05) is 31.2 Å². The summed E-state index contributed by atoms with van der Waals surface area (Å²) in [5.74, 6) is 0.866. The largest absolute Gasteiger partial charge is 0.490 e. The third-order valence-electron chi connectivity index (χ3n) is 2.87. The van der Waals surface area contributed by atoms with Crippen molar-refractivity contribution in [3.63, 3.8) is 0 Å². The molecule has 1 atom stereocenters. The van der Waals surface area contributed by atoms with Gasteiger partial charge in [-0.1, -0.05) is 28.1 Å². The molecule has 21 heavy (non-hydrogen) atoms. The molecule has 0 radical (unpaired) electrons. The smallest absolute Gasteiger partial charge is 0.127 e. The molecule has 2 rings (SSSR count). The fourth-order valence-corrected chi connectivity index (χ4v) is 2.26. The van der Waals surface area contributed by atoms with E-state index in [0.29, 0.717) is 19.0 Å². The molecule has 0 unspecified atom stereocenters. The zero-order valence-electron chi connectivity index (χ0n) is 11.7. The summed E-state index contributed by atoms with van der Waals surface area (Å²) in [6.45, 7) is 2.51. The minimum Gasteiger partial charge on any atom is -0.490 e. The molecular weight excluding hydrogens is 337 g/mol. The molecule has 2 aromatic carbocycles. The SMILES string of the molecule is C[C@H](N)c1ccc(F)cc1OCCOc1cccc(Br)c1. The van der Waals surface area contributed by atoms with Crippen LogP contribution in [0.4, 0.5) is 4.39 Å². The van der Waals surface area contributed by atoms with Crippen LogP contribution in [-0.2, 0) is 0 Å². The van der Waals surface area contributed by atoms with Gasteiger partial charge < -0.3 is 15.2 Å². The molecular formula is C16H17BrFNO2. The van der Waals surface area contributed by atoms with E-state index < -0.39 is 0 Å². The van der Waals surface area contributed by atoms with Crippen LogP contribution in [0.25, 0.3) is 0 Å². The summed E-state index contributed by atoms with van der Waals surface area (Å²) in [5, 5.41) is 0. The molecule has 0 saturated carbocycles. The lowest BCUT2D eigenvalue weighted by molar-refractivity contribution is 0.215. The van der Waals surface area contributed by atoms with Crippen LogP contribution in [-0.4, -0.2) is 13.2 Å². The first-order valence-corrected chi connectivity index (χ1v) is 7.42. The molecule has 0 bridgehead atoms. The van der Waals surface area contributed by atoms with Crippen molar-refractivity contribution in [1.82, 2.24) is 0 Å². The molecule has 0 heterocycles. The Morgan fingerprint density at radius 3 is 2.62 bits per heavy atom. The molecule has 2 N–H and O–H groups in total. The monoisotopic (exact) mass is 353 g/mol. The zero-order valence-corrected chi connectivity index (χ0v) is 13.3. The number of nitrogens with two attached hydrogens (primary N) is 1. The Kier molecular flexibility index (Phi) is 5.59. The number of ether oxygens (including phenoxy) is 2. The van der Waals surface area contributed by atoms with Crippen LogP contribution in [0.3, 0.4) is 0 Å². The summed E-state index contributed by atoms with van der Waals surface area (Å²) in [4.78, 5) is 0. The summed E-state index contributed by atoms with van der Waals surface area (Å²) in [7, 11) is 0. The van der Waals surface area contributed by atoms with Crippen molar-refractivity contribution in [2.24, 2.45) is 5.73 Å². The topological polar surface area (TPSA) is 44.5 Å². The molecule has 0 aliphatic heterocycles. The zero-order chi connectivity index (χ0) is 15.2. The Morgan fingerprint density at radius 2 is 1.90 bits per heavy atom. The van der Waals surface area contributed by atoms with Gasteiger partial charge >= 0.3 is 0 Å². The number of benzene rings is 2. The number of halogens is 2. The maximum Gasteiger partial charge on any atom is 0.127 e. The average Bonchev–Trinajstić information content (AvgIpc) is 2.43. The minimum absolute atomic E-state index is 0.216. The van der Waals surface area contributed by atoms with Crippen molar-refractivity contribution < 1.29 is 13.9 Å². The van der Waals surface area contributed by atoms with Crippen LogP contribution in [0.1, 0.15) is 18.5 Å². The van der Waals surface area contributed by atoms with Crippen LogP contribution < -0.4 is 15.2 Å². The van der Waals surface area contributed by atoms with Crippen LogP contribution in [0.2, 0.25) is 0 Å². The van der Waals surface area contributed by atoms with Gasteiger partial charge in [0, 0.05) is 22.1 Å². The van der Waals surface area contributed by atoms with Gasteiger partial charge in [-0.3, -0.25) is 0 Å². The molecule has 112 valence electrons. The molecule has 5 heteroatoms. The van der Waals surface area contributed by atoms with Gasteiger partial charge in [-0.15, -0.1) is 0 Å². The lowest BCUT2D eigenvalue weighted by atomic mass is 10.1. The molecule has 0 spiro atoms. The average molecular weight is 354 g/mol. The van der Waals surface area contributed by atoms with Crippen LogP contribution >= 0.6 is 15.9 Å². The van der Waals surface area contributed by atoms with E-state index in [1.165, 1.54) is 12.1 Å². The van der Waals surface area contributed by atoms with Gasteiger partial charge in [0.05, 0.1) is 0 Å². The fourth-order valence-electron chi connectivity index (χ4n) is 1.88. The lowest BCUT2D eigenvalue weighted by Gasteiger charge is -2.14. The first kappa shape index (κ1) is 15.8. The van der Waals surface area contributed by atoms with E-state index in [1.54, 1.807) is 6.07 Å². The van der Waals surface area contributed by atoms with E-state index >= 15 is 0 Å². The summed E-state index contributed by atoms with van der Waals surface area (Å²) in [6, 6.07) is 11.7. The summed E-state index contributed by atoms with van der Waals surface area (Å²) in [5.41, 5.74) is 6.61. The predicted octanol–water partition coefficient (Wildman–Crippen LogP) is 4.07. The van der Waals surface area contributed by atoms with E-state index in [4.69, 9.17) is 15.2 Å². The second-order valence-electron chi connectivity index (χ2n) is 4.63. The van der Waals surface area contributed by atoms with E-state index in [0.717, 1.165) is 15.8 Å². The van der Waals surface area contributed by atoms with E-state index in [-0.39, 0.29) is 11.9 Å². The van der Waals surface area contributed by atoms with Gasteiger partial charge in [0.15, 0.2) is 0 Å². The van der Waals surface area contributed by atoms with Crippen molar-refractivity contribution in [3.8, 4) is 11.5 Å². The first-order valence-electron chi connectivity index (χ1n) is 6.62. The number of hydrogen-bond acceptors (Lipinski definition) is 3. The fraction of sp³-hybridized carbons (Fsp3) is 0.250. The minimum atomic E-state index is -0.345. The molecule has 2 aromatic rings. The highest BCUT2D eigenvalue weighted by Crippen LogP contribution is 2.25. The molecule has 3 nitrogen and oxygen atoms in total. The molecule has 0 amide bonds. The van der Waals surface area contributed by atoms with E-state index in [2.05, 4.69) is 15.9 Å². The molecule has 0 aliphatic rings. The highest BCUT2D eigenvalue weighted by Gasteiger charge is 2.09. The Hall–Kier alpha value is -1.59. The van der Waals surface area contributed by atoms with Crippen molar-refractivity contribution >= 4 is 15.9 Å². The maximum absolute atomic E-state index is 13.3. The molecule has 0 fully saturated rings. The lowest BCUT2D eigenvalue weighted by Crippen LogP contribution is -2.13. The highest BCUT2D eigenvalue weighted by molar-refractivity contribution is 9.10.